The molecule has 3 nitrogen and oxygen atoms in total. The van der Waals surface area contributed by atoms with E-state index in [1.54, 1.807) is 0 Å². The Morgan fingerprint density at radius 2 is 1.76 bits per heavy atom. The summed E-state index contributed by atoms with van der Waals surface area (Å²) in [5.74, 6) is 0.0906. The number of hydrogen-bond acceptors (Lipinski definition) is 3. The zero-order valence-electron chi connectivity index (χ0n) is 14.8. The maximum Gasteiger partial charge on any atom is 0.248 e. The van der Waals surface area contributed by atoms with Crippen molar-refractivity contribution in [1.29, 1.82) is 0 Å². The molecule has 0 spiro atoms. The van der Waals surface area contributed by atoms with E-state index in [4.69, 9.17) is 44.3 Å². The average Bonchev–Trinajstić information content (AvgIpc) is 2.57. The number of ketones is 1. The summed E-state index contributed by atoms with van der Waals surface area (Å²) in [7, 11) is 0. The minimum atomic E-state index is -1.93. The van der Waals surface area contributed by atoms with Gasteiger partial charge >= 0.3 is 0 Å². The summed E-state index contributed by atoms with van der Waals surface area (Å²) < 4.78 is 10.4. The van der Waals surface area contributed by atoms with E-state index >= 15 is 0 Å². The van der Waals surface area contributed by atoms with Gasteiger partial charge in [0.15, 0.2) is 5.78 Å². The van der Waals surface area contributed by atoms with Gasteiger partial charge in [0.25, 0.3) is 0 Å². The van der Waals surface area contributed by atoms with Crippen LogP contribution in [-0.2, 0) is 20.9 Å². The number of carbonyl (C=O) groups excluding carboxylic acids is 1. The van der Waals surface area contributed by atoms with Crippen molar-refractivity contribution >= 4 is 40.6 Å². The Hall–Kier alpha value is -0.320. The molecular weight excluding hydrogens is 383 g/mol. The normalized spacial score (nSPS) is 30.2. The molecule has 1 aromatic carbocycles. The van der Waals surface area contributed by atoms with Gasteiger partial charge in [-0.3, -0.25) is 4.79 Å². The highest BCUT2D eigenvalue weighted by atomic mass is 35.6. The highest BCUT2D eigenvalue weighted by Gasteiger charge is 2.44. The molecule has 1 aromatic rings. The molecule has 5 atom stereocenters. The highest BCUT2D eigenvalue weighted by molar-refractivity contribution is 6.76. The minimum Gasteiger partial charge on any atom is -0.372 e. The summed E-state index contributed by atoms with van der Waals surface area (Å²) in [5.41, 5.74) is 1.08. The zero-order chi connectivity index (χ0) is 18.6. The van der Waals surface area contributed by atoms with E-state index in [-0.39, 0.29) is 24.5 Å². The lowest BCUT2D eigenvalue weighted by molar-refractivity contribution is -0.193. The van der Waals surface area contributed by atoms with Crippen molar-refractivity contribution in [2.24, 2.45) is 11.8 Å². The van der Waals surface area contributed by atoms with Gasteiger partial charge in [-0.1, -0.05) is 85.9 Å². The first kappa shape index (κ1) is 21.0. The van der Waals surface area contributed by atoms with Gasteiger partial charge in [0.2, 0.25) is 3.79 Å². The number of hydrogen-bond donors (Lipinski definition) is 0. The van der Waals surface area contributed by atoms with E-state index < -0.39 is 15.7 Å². The van der Waals surface area contributed by atoms with Crippen LogP contribution in [0.5, 0.6) is 0 Å². The molecule has 1 heterocycles. The Morgan fingerprint density at radius 1 is 1.12 bits per heavy atom. The van der Waals surface area contributed by atoms with Crippen molar-refractivity contribution in [1.82, 2.24) is 0 Å². The maximum atomic E-state index is 12.2. The van der Waals surface area contributed by atoms with Gasteiger partial charge < -0.3 is 9.47 Å². The fraction of sp³-hybridized carbons (Fsp3) is 0.632. The Labute approximate surface area is 164 Å². The Kier molecular flexibility index (Phi) is 7.60. The van der Waals surface area contributed by atoms with Crippen LogP contribution in [0.25, 0.3) is 0 Å². The first-order chi connectivity index (χ1) is 11.7. The Bertz CT molecular complexity index is 559. The van der Waals surface area contributed by atoms with Crippen molar-refractivity contribution < 1.29 is 14.3 Å². The quantitative estimate of drug-likeness (QED) is 0.596. The lowest BCUT2D eigenvalue weighted by atomic mass is 9.79. The molecule has 0 amide bonds. The van der Waals surface area contributed by atoms with Crippen LogP contribution >= 0.6 is 34.8 Å². The first-order valence-corrected chi connectivity index (χ1v) is 9.78. The van der Waals surface area contributed by atoms with Crippen LogP contribution in [0, 0.1) is 11.8 Å². The number of benzene rings is 1. The molecule has 1 saturated heterocycles. The molecule has 1 aliphatic heterocycles. The summed E-state index contributed by atoms with van der Waals surface area (Å²) >= 11 is 17.2. The largest absolute Gasteiger partial charge is 0.372 e. The van der Waals surface area contributed by atoms with Crippen molar-refractivity contribution in [2.75, 3.05) is 0 Å². The number of Topliss-reactive ketones (excluding diaryl/α,β-unsaturated/α-hetero) is 1. The van der Waals surface area contributed by atoms with Crippen LogP contribution < -0.4 is 0 Å². The predicted octanol–water partition coefficient (Wildman–Crippen LogP) is 5.35. The monoisotopic (exact) mass is 406 g/mol. The number of halogens is 3. The van der Waals surface area contributed by atoms with Crippen molar-refractivity contribution in [3.8, 4) is 0 Å². The van der Waals surface area contributed by atoms with Crippen LogP contribution in [-0.4, -0.2) is 27.9 Å². The topological polar surface area (TPSA) is 35.5 Å². The van der Waals surface area contributed by atoms with Gasteiger partial charge in [-0.25, -0.2) is 0 Å². The predicted molar refractivity (Wildman–Crippen MR) is 102 cm³/mol. The van der Waals surface area contributed by atoms with Crippen LogP contribution in [0.4, 0.5) is 0 Å². The van der Waals surface area contributed by atoms with Crippen LogP contribution in [0.2, 0.25) is 0 Å². The molecule has 2 rings (SSSR count). The Balaban J connectivity index is 2.13. The van der Waals surface area contributed by atoms with Gasteiger partial charge in [-0.2, -0.15) is 0 Å². The number of ether oxygens (including phenoxy) is 2. The molecule has 140 valence electrons. The second-order valence-corrected chi connectivity index (χ2v) is 9.01. The summed E-state index contributed by atoms with van der Waals surface area (Å²) in [5, 5.41) is 0. The van der Waals surface area contributed by atoms with Crippen LogP contribution in [0.15, 0.2) is 30.3 Å². The molecule has 0 aromatic heterocycles. The van der Waals surface area contributed by atoms with E-state index in [0.29, 0.717) is 12.5 Å². The third-order valence-electron chi connectivity index (χ3n) is 5.04. The van der Waals surface area contributed by atoms with Crippen molar-refractivity contribution in [3.05, 3.63) is 35.9 Å². The van der Waals surface area contributed by atoms with Gasteiger partial charge in [-0.05, 0) is 23.8 Å². The number of carbonyl (C=O) groups is 1. The Morgan fingerprint density at radius 3 is 2.32 bits per heavy atom. The molecule has 0 N–H and O–H groups in total. The van der Waals surface area contributed by atoms with E-state index in [1.165, 1.54) is 0 Å². The third kappa shape index (κ3) is 5.58. The van der Waals surface area contributed by atoms with Gasteiger partial charge in [0.1, 0.15) is 0 Å². The molecule has 0 aliphatic carbocycles. The molecular formula is C19H25Cl3O3. The summed E-state index contributed by atoms with van der Waals surface area (Å²) in [4.78, 5) is 12.2. The molecule has 6 heteroatoms. The summed E-state index contributed by atoms with van der Waals surface area (Å²) in [6.45, 7) is 6.83. The summed E-state index contributed by atoms with van der Waals surface area (Å²) in [6.07, 6.45) is 0.329. The molecule has 5 unspecified atom stereocenters. The highest BCUT2D eigenvalue weighted by Crippen LogP contribution is 2.38. The smallest absolute Gasteiger partial charge is 0.248 e. The van der Waals surface area contributed by atoms with E-state index in [2.05, 4.69) is 20.8 Å². The fourth-order valence-corrected chi connectivity index (χ4v) is 3.59. The van der Waals surface area contributed by atoms with Crippen molar-refractivity contribution in [3.63, 3.8) is 0 Å². The second kappa shape index (κ2) is 9.05. The van der Waals surface area contributed by atoms with E-state index in [1.807, 2.05) is 30.3 Å². The third-order valence-corrected chi connectivity index (χ3v) is 5.67. The SMILES string of the molecule is CCC1OC(CC(=O)C(Cl)(Cl)Cl)C(OCc2ccccc2)C(C)C1C. The molecule has 25 heavy (non-hydrogen) atoms. The van der Waals surface area contributed by atoms with Gasteiger partial charge in [-0.15, -0.1) is 0 Å². The number of rotatable bonds is 6. The minimum absolute atomic E-state index is 0.0313. The molecule has 0 saturated carbocycles. The van der Waals surface area contributed by atoms with E-state index in [9.17, 15) is 4.79 Å². The van der Waals surface area contributed by atoms with Crippen LogP contribution in [0.1, 0.15) is 39.2 Å². The van der Waals surface area contributed by atoms with E-state index in [0.717, 1.165) is 12.0 Å². The molecule has 1 fully saturated rings. The lowest BCUT2D eigenvalue weighted by Gasteiger charge is -2.44. The van der Waals surface area contributed by atoms with Gasteiger partial charge in [0, 0.05) is 6.42 Å². The van der Waals surface area contributed by atoms with Gasteiger partial charge in [0.05, 0.1) is 24.9 Å². The van der Waals surface area contributed by atoms with Crippen molar-refractivity contribution in [2.45, 2.75) is 62.3 Å². The standard InChI is InChI=1S/C19H25Cl3O3/c1-4-15-12(2)13(3)18(24-11-14-8-6-5-7-9-14)16(25-15)10-17(23)19(20,21)22/h5-9,12-13,15-16,18H,4,10-11H2,1-3H3. The fourth-order valence-electron chi connectivity index (χ4n) is 3.36. The molecule has 0 radical (unpaired) electrons. The maximum absolute atomic E-state index is 12.2. The summed E-state index contributed by atoms with van der Waals surface area (Å²) in [6, 6.07) is 9.92. The molecule has 1 aliphatic rings. The van der Waals surface area contributed by atoms with Crippen LogP contribution in [0.3, 0.4) is 0 Å². The number of alkyl halides is 3. The molecule has 0 bridgehead atoms. The zero-order valence-corrected chi connectivity index (χ0v) is 17.0. The lowest BCUT2D eigenvalue weighted by Crippen LogP contribution is -2.51. The second-order valence-electron chi connectivity index (χ2n) is 6.73. The average molecular weight is 408 g/mol. The first-order valence-electron chi connectivity index (χ1n) is 8.65.